The molecule has 2 aromatic carbocycles. The van der Waals surface area contributed by atoms with Crippen LogP contribution in [0.25, 0.3) is 0 Å². The molecule has 1 N–H and O–H groups in total. The molecule has 3 aromatic rings. The Morgan fingerprint density at radius 2 is 1.97 bits per heavy atom. The van der Waals surface area contributed by atoms with Gasteiger partial charge in [-0.15, -0.1) is 10.2 Å². The maximum absolute atomic E-state index is 12.3. The molecule has 0 aliphatic rings. The van der Waals surface area contributed by atoms with Gasteiger partial charge >= 0.3 is 0 Å². The summed E-state index contributed by atoms with van der Waals surface area (Å²) in [5.41, 5.74) is 2.11. The van der Waals surface area contributed by atoms with Gasteiger partial charge in [-0.3, -0.25) is 14.9 Å². The molecule has 0 unspecified atom stereocenters. The summed E-state index contributed by atoms with van der Waals surface area (Å²) in [5, 5.41) is 22.7. The summed E-state index contributed by atoms with van der Waals surface area (Å²) in [7, 11) is 1.82. The predicted molar refractivity (Wildman–Crippen MR) is 123 cm³/mol. The Balaban J connectivity index is 1.58. The van der Waals surface area contributed by atoms with Gasteiger partial charge in [0.25, 0.3) is 5.69 Å². The number of amides is 1. The van der Waals surface area contributed by atoms with E-state index in [1.54, 1.807) is 23.6 Å². The first-order valence-electron chi connectivity index (χ1n) is 10.1. The van der Waals surface area contributed by atoms with Gasteiger partial charge in [0.1, 0.15) is 5.75 Å². The number of hydrogen-bond acceptors (Lipinski definition) is 7. The van der Waals surface area contributed by atoms with E-state index >= 15 is 0 Å². The standard InChI is InChI=1S/C22H25N5O4S/c1-5-16-7-10-18(11-8-16)31-15(3)21-24-25-22(26(21)4)32-13-20(28)23-17-9-6-14(2)19(12-17)27(29)30/h6-12,15H,5,13H2,1-4H3,(H,23,28)/t15-/m1/s1. The average molecular weight is 456 g/mol. The third kappa shape index (κ3) is 5.64. The molecule has 1 atom stereocenters. The summed E-state index contributed by atoms with van der Waals surface area (Å²) in [6.07, 6.45) is 0.643. The van der Waals surface area contributed by atoms with Gasteiger partial charge in [-0.1, -0.05) is 36.9 Å². The minimum Gasteiger partial charge on any atom is -0.483 e. The lowest BCUT2D eigenvalue weighted by atomic mass is 10.2. The van der Waals surface area contributed by atoms with E-state index in [9.17, 15) is 14.9 Å². The van der Waals surface area contributed by atoms with E-state index in [0.717, 1.165) is 12.2 Å². The van der Waals surface area contributed by atoms with Crippen molar-refractivity contribution in [2.24, 2.45) is 7.05 Å². The van der Waals surface area contributed by atoms with Crippen LogP contribution < -0.4 is 10.1 Å². The van der Waals surface area contributed by atoms with E-state index in [-0.39, 0.29) is 23.5 Å². The van der Waals surface area contributed by atoms with Gasteiger partial charge in [-0.25, -0.2) is 0 Å². The molecule has 0 bridgehead atoms. The molecule has 0 aliphatic carbocycles. The SMILES string of the molecule is CCc1ccc(O[C@H](C)c2nnc(SCC(=O)Nc3ccc(C)c([N+](=O)[O-])c3)n2C)cc1. The van der Waals surface area contributed by atoms with Gasteiger partial charge in [-0.2, -0.15) is 0 Å². The van der Waals surface area contributed by atoms with E-state index in [1.165, 1.54) is 23.4 Å². The second-order valence-electron chi connectivity index (χ2n) is 7.25. The number of nitro benzene ring substituents is 1. The van der Waals surface area contributed by atoms with Gasteiger partial charge in [0.2, 0.25) is 5.91 Å². The van der Waals surface area contributed by atoms with Gasteiger partial charge in [-0.05, 0) is 44.0 Å². The fraction of sp³-hybridized carbons (Fsp3) is 0.318. The van der Waals surface area contributed by atoms with Crippen molar-refractivity contribution in [3.05, 3.63) is 69.5 Å². The van der Waals surface area contributed by atoms with E-state index < -0.39 is 4.92 Å². The van der Waals surface area contributed by atoms with Crippen LogP contribution in [0.4, 0.5) is 11.4 Å². The highest BCUT2D eigenvalue weighted by Crippen LogP contribution is 2.25. The van der Waals surface area contributed by atoms with Crippen molar-refractivity contribution in [3.8, 4) is 5.75 Å². The number of hydrogen-bond donors (Lipinski definition) is 1. The molecule has 1 aromatic heterocycles. The maximum atomic E-state index is 12.3. The van der Waals surface area contributed by atoms with E-state index in [4.69, 9.17) is 4.74 Å². The molecule has 10 heteroatoms. The molecule has 0 aliphatic heterocycles. The number of carbonyl (C=O) groups is 1. The minimum absolute atomic E-state index is 0.0354. The number of nitrogens with one attached hydrogen (secondary N) is 1. The van der Waals surface area contributed by atoms with Crippen LogP contribution in [0, 0.1) is 17.0 Å². The highest BCUT2D eigenvalue weighted by Gasteiger charge is 2.18. The van der Waals surface area contributed by atoms with Gasteiger partial charge in [0, 0.05) is 24.4 Å². The Hall–Kier alpha value is -3.40. The van der Waals surface area contributed by atoms with Crippen molar-refractivity contribution < 1.29 is 14.5 Å². The molecule has 1 heterocycles. The Bertz CT molecular complexity index is 1110. The molecular weight excluding hydrogens is 430 g/mol. The highest BCUT2D eigenvalue weighted by molar-refractivity contribution is 7.99. The topological polar surface area (TPSA) is 112 Å². The number of nitrogens with zero attached hydrogens (tertiary/aromatic N) is 4. The average Bonchev–Trinajstić information content (AvgIpc) is 3.14. The predicted octanol–water partition coefficient (Wildman–Crippen LogP) is 4.46. The Morgan fingerprint density at radius 1 is 1.25 bits per heavy atom. The van der Waals surface area contributed by atoms with Crippen molar-refractivity contribution in [1.29, 1.82) is 0 Å². The Labute approximate surface area is 190 Å². The molecule has 9 nitrogen and oxygen atoms in total. The normalized spacial score (nSPS) is 11.8. The largest absolute Gasteiger partial charge is 0.483 e. The first-order valence-corrected chi connectivity index (χ1v) is 11.1. The zero-order chi connectivity index (χ0) is 23.3. The second-order valence-corrected chi connectivity index (χ2v) is 8.20. The lowest BCUT2D eigenvalue weighted by molar-refractivity contribution is -0.385. The number of rotatable bonds is 9. The molecule has 0 fully saturated rings. The van der Waals surface area contributed by atoms with Crippen LogP contribution in [-0.2, 0) is 18.3 Å². The molecule has 0 spiro atoms. The minimum atomic E-state index is -0.470. The van der Waals surface area contributed by atoms with Crippen molar-refractivity contribution >= 4 is 29.0 Å². The summed E-state index contributed by atoms with van der Waals surface area (Å²) < 4.78 is 7.76. The highest BCUT2D eigenvalue weighted by atomic mass is 32.2. The maximum Gasteiger partial charge on any atom is 0.274 e. The van der Waals surface area contributed by atoms with Gasteiger partial charge in [0.05, 0.1) is 10.7 Å². The first-order chi connectivity index (χ1) is 15.3. The zero-order valence-corrected chi connectivity index (χ0v) is 19.2. The number of thioether (sulfide) groups is 1. The summed E-state index contributed by atoms with van der Waals surface area (Å²) in [6, 6.07) is 12.5. The summed E-state index contributed by atoms with van der Waals surface area (Å²) >= 11 is 1.23. The fourth-order valence-electron chi connectivity index (χ4n) is 3.08. The van der Waals surface area contributed by atoms with Crippen molar-refractivity contribution in [1.82, 2.24) is 14.8 Å². The molecule has 3 rings (SSSR count). The van der Waals surface area contributed by atoms with Gasteiger partial charge < -0.3 is 14.6 Å². The quantitative estimate of drug-likeness (QED) is 0.288. The monoisotopic (exact) mass is 455 g/mol. The third-order valence-corrected chi connectivity index (χ3v) is 5.92. The molecule has 0 radical (unpaired) electrons. The number of benzene rings is 2. The molecule has 32 heavy (non-hydrogen) atoms. The summed E-state index contributed by atoms with van der Waals surface area (Å²) in [6.45, 7) is 5.64. The first kappa shape index (κ1) is 23.3. The Kier molecular flexibility index (Phi) is 7.47. The number of anilines is 1. The van der Waals surface area contributed by atoms with Crippen LogP contribution in [0.3, 0.4) is 0 Å². The van der Waals surface area contributed by atoms with Crippen molar-refractivity contribution in [3.63, 3.8) is 0 Å². The zero-order valence-electron chi connectivity index (χ0n) is 18.4. The number of aryl methyl sites for hydroxylation is 2. The van der Waals surface area contributed by atoms with E-state index in [0.29, 0.717) is 22.2 Å². The molecule has 1 amide bonds. The second kappa shape index (κ2) is 10.3. The van der Waals surface area contributed by atoms with Crippen LogP contribution in [0.1, 0.15) is 36.9 Å². The van der Waals surface area contributed by atoms with Crippen LogP contribution in [0.5, 0.6) is 5.75 Å². The van der Waals surface area contributed by atoms with Crippen LogP contribution in [0.2, 0.25) is 0 Å². The van der Waals surface area contributed by atoms with Crippen molar-refractivity contribution in [2.45, 2.75) is 38.5 Å². The molecule has 0 saturated heterocycles. The fourth-order valence-corrected chi connectivity index (χ4v) is 3.80. The molecule has 168 valence electrons. The van der Waals surface area contributed by atoms with E-state index in [2.05, 4.69) is 22.4 Å². The van der Waals surface area contributed by atoms with E-state index in [1.807, 2.05) is 38.2 Å². The van der Waals surface area contributed by atoms with Crippen molar-refractivity contribution in [2.75, 3.05) is 11.1 Å². The Morgan fingerprint density at radius 3 is 2.62 bits per heavy atom. The summed E-state index contributed by atoms with van der Waals surface area (Å²) in [4.78, 5) is 22.9. The smallest absolute Gasteiger partial charge is 0.274 e. The third-order valence-electron chi connectivity index (χ3n) is 4.90. The van der Waals surface area contributed by atoms with Crippen LogP contribution in [-0.4, -0.2) is 31.3 Å². The number of carbonyl (C=O) groups excluding carboxylic acids is 1. The lowest BCUT2D eigenvalue weighted by Crippen LogP contribution is -2.15. The lowest BCUT2D eigenvalue weighted by Gasteiger charge is -2.14. The van der Waals surface area contributed by atoms with Crippen LogP contribution in [0.15, 0.2) is 47.6 Å². The number of nitro groups is 1. The number of aromatic nitrogens is 3. The molecule has 0 saturated carbocycles. The number of ether oxygens (including phenoxy) is 1. The molecular formula is C22H25N5O4S. The van der Waals surface area contributed by atoms with Crippen LogP contribution >= 0.6 is 11.8 Å². The van der Waals surface area contributed by atoms with Gasteiger partial charge in [0.15, 0.2) is 17.1 Å². The summed E-state index contributed by atoms with van der Waals surface area (Å²) in [5.74, 6) is 1.18.